The lowest BCUT2D eigenvalue weighted by molar-refractivity contribution is 0.270. The molecule has 2 N–H and O–H groups in total. The van der Waals surface area contributed by atoms with Crippen molar-refractivity contribution >= 4 is 11.0 Å². The highest BCUT2D eigenvalue weighted by atomic mass is 16.5. The van der Waals surface area contributed by atoms with Gasteiger partial charge in [0.1, 0.15) is 23.8 Å². The summed E-state index contributed by atoms with van der Waals surface area (Å²) in [6.45, 7) is 4.82. The van der Waals surface area contributed by atoms with E-state index in [1.165, 1.54) is 0 Å². The molecular weight excluding hydrogens is 288 g/mol. The van der Waals surface area contributed by atoms with Gasteiger partial charge in [0.2, 0.25) is 0 Å². The molecule has 5 nitrogen and oxygen atoms in total. The molecule has 0 aliphatic carbocycles. The van der Waals surface area contributed by atoms with Gasteiger partial charge in [-0.05, 0) is 42.7 Å². The van der Waals surface area contributed by atoms with Crippen LogP contribution in [0.3, 0.4) is 0 Å². The lowest BCUT2D eigenvalue weighted by Crippen LogP contribution is -2.29. The molecule has 0 spiro atoms. The first-order valence-electron chi connectivity index (χ1n) is 7.90. The first-order valence-corrected chi connectivity index (χ1v) is 7.90. The summed E-state index contributed by atoms with van der Waals surface area (Å²) in [5, 5.41) is 1.09. The van der Waals surface area contributed by atoms with E-state index in [0.29, 0.717) is 12.5 Å². The fourth-order valence-corrected chi connectivity index (χ4v) is 2.63. The number of rotatable bonds is 6. The fourth-order valence-electron chi connectivity index (χ4n) is 2.63. The van der Waals surface area contributed by atoms with Crippen molar-refractivity contribution in [2.24, 2.45) is 11.7 Å². The van der Waals surface area contributed by atoms with Gasteiger partial charge in [0, 0.05) is 23.8 Å². The SMILES string of the molecule is CC(C)C[C@H](N)COc1ccc(-n2ccc3cccnc32)nc1. The zero-order valence-electron chi connectivity index (χ0n) is 13.5. The molecule has 23 heavy (non-hydrogen) atoms. The minimum Gasteiger partial charge on any atom is -0.490 e. The number of ether oxygens (including phenoxy) is 1. The molecule has 0 saturated carbocycles. The molecule has 3 rings (SSSR count). The lowest BCUT2D eigenvalue weighted by Gasteiger charge is -2.15. The molecule has 3 aromatic heterocycles. The molecule has 0 unspecified atom stereocenters. The van der Waals surface area contributed by atoms with Gasteiger partial charge in [0.15, 0.2) is 0 Å². The number of pyridine rings is 2. The number of nitrogens with two attached hydrogens (primary N) is 1. The molecule has 0 saturated heterocycles. The van der Waals surface area contributed by atoms with Crippen molar-refractivity contribution in [1.29, 1.82) is 0 Å². The predicted octanol–water partition coefficient (Wildman–Crippen LogP) is 3.17. The zero-order chi connectivity index (χ0) is 16.2. The smallest absolute Gasteiger partial charge is 0.145 e. The van der Waals surface area contributed by atoms with Crippen LogP contribution in [0, 0.1) is 5.92 Å². The molecule has 0 aliphatic rings. The molecule has 3 aromatic rings. The Labute approximate surface area is 136 Å². The van der Waals surface area contributed by atoms with Gasteiger partial charge < -0.3 is 10.5 Å². The average Bonchev–Trinajstić information content (AvgIpc) is 2.97. The highest BCUT2D eigenvalue weighted by molar-refractivity contribution is 5.77. The predicted molar refractivity (Wildman–Crippen MR) is 91.8 cm³/mol. The monoisotopic (exact) mass is 310 g/mol. The van der Waals surface area contributed by atoms with Gasteiger partial charge in [-0.3, -0.25) is 4.57 Å². The van der Waals surface area contributed by atoms with Crippen molar-refractivity contribution in [3.8, 4) is 11.6 Å². The normalized spacial score (nSPS) is 12.7. The second kappa shape index (κ2) is 6.79. The average molecular weight is 310 g/mol. The van der Waals surface area contributed by atoms with E-state index in [4.69, 9.17) is 10.5 Å². The third-order valence-electron chi connectivity index (χ3n) is 3.65. The van der Waals surface area contributed by atoms with Crippen molar-refractivity contribution in [1.82, 2.24) is 14.5 Å². The quantitative estimate of drug-likeness (QED) is 0.759. The van der Waals surface area contributed by atoms with E-state index in [0.717, 1.165) is 29.0 Å². The highest BCUT2D eigenvalue weighted by Crippen LogP contribution is 2.18. The van der Waals surface area contributed by atoms with Gasteiger partial charge in [0.05, 0.1) is 6.20 Å². The number of aromatic nitrogens is 3. The maximum Gasteiger partial charge on any atom is 0.145 e. The molecule has 0 aromatic carbocycles. The topological polar surface area (TPSA) is 66.0 Å². The Morgan fingerprint density at radius 2 is 2.04 bits per heavy atom. The summed E-state index contributed by atoms with van der Waals surface area (Å²) in [5.41, 5.74) is 6.93. The van der Waals surface area contributed by atoms with Crippen molar-refractivity contribution in [3.63, 3.8) is 0 Å². The Bertz CT molecular complexity index is 764. The Morgan fingerprint density at radius 1 is 1.17 bits per heavy atom. The number of hydrogen-bond acceptors (Lipinski definition) is 4. The van der Waals surface area contributed by atoms with Gasteiger partial charge in [-0.25, -0.2) is 9.97 Å². The lowest BCUT2D eigenvalue weighted by atomic mass is 10.1. The van der Waals surface area contributed by atoms with Crippen LogP contribution in [0.2, 0.25) is 0 Å². The summed E-state index contributed by atoms with van der Waals surface area (Å²) in [6, 6.07) is 9.88. The van der Waals surface area contributed by atoms with Crippen molar-refractivity contribution in [3.05, 3.63) is 48.9 Å². The molecule has 0 bridgehead atoms. The van der Waals surface area contributed by atoms with E-state index in [-0.39, 0.29) is 6.04 Å². The van der Waals surface area contributed by atoms with Crippen LogP contribution in [0.1, 0.15) is 20.3 Å². The van der Waals surface area contributed by atoms with Crippen LogP contribution < -0.4 is 10.5 Å². The van der Waals surface area contributed by atoms with E-state index >= 15 is 0 Å². The van der Waals surface area contributed by atoms with E-state index < -0.39 is 0 Å². The Balaban J connectivity index is 1.70. The van der Waals surface area contributed by atoms with Crippen LogP contribution >= 0.6 is 0 Å². The Hall–Kier alpha value is -2.40. The van der Waals surface area contributed by atoms with E-state index in [1.54, 1.807) is 12.4 Å². The second-order valence-electron chi connectivity index (χ2n) is 6.15. The molecule has 120 valence electrons. The van der Waals surface area contributed by atoms with E-state index in [9.17, 15) is 0 Å². The van der Waals surface area contributed by atoms with E-state index in [1.807, 2.05) is 41.1 Å². The van der Waals surface area contributed by atoms with Crippen LogP contribution in [0.5, 0.6) is 5.75 Å². The molecule has 0 amide bonds. The zero-order valence-corrected chi connectivity index (χ0v) is 13.5. The summed E-state index contributed by atoms with van der Waals surface area (Å²) >= 11 is 0. The maximum atomic E-state index is 6.03. The van der Waals surface area contributed by atoms with Crippen molar-refractivity contribution < 1.29 is 4.74 Å². The Morgan fingerprint density at radius 3 is 2.78 bits per heavy atom. The largest absolute Gasteiger partial charge is 0.490 e. The first kappa shape index (κ1) is 15.5. The Kier molecular flexibility index (Phi) is 4.57. The molecular formula is C18H22N4O. The van der Waals surface area contributed by atoms with Gasteiger partial charge >= 0.3 is 0 Å². The number of fused-ring (bicyclic) bond motifs is 1. The number of hydrogen-bond donors (Lipinski definition) is 1. The third kappa shape index (κ3) is 3.68. The molecule has 0 radical (unpaired) electrons. The summed E-state index contributed by atoms with van der Waals surface area (Å²) in [7, 11) is 0. The van der Waals surface area contributed by atoms with Gasteiger partial charge in [-0.2, -0.15) is 0 Å². The molecule has 3 heterocycles. The second-order valence-corrected chi connectivity index (χ2v) is 6.15. The number of nitrogens with zero attached hydrogens (tertiary/aromatic N) is 3. The molecule has 1 atom stereocenters. The van der Waals surface area contributed by atoms with Crippen LogP contribution in [-0.2, 0) is 0 Å². The molecule has 0 fully saturated rings. The van der Waals surface area contributed by atoms with Crippen LogP contribution in [0.4, 0.5) is 0 Å². The minimum absolute atomic E-state index is 0.0484. The highest BCUT2D eigenvalue weighted by Gasteiger charge is 2.08. The molecule has 0 aliphatic heterocycles. The summed E-state index contributed by atoms with van der Waals surface area (Å²) < 4.78 is 7.68. The summed E-state index contributed by atoms with van der Waals surface area (Å²) in [6.07, 6.45) is 6.43. The standard InChI is InChI=1S/C18H22N4O/c1-13(2)10-15(19)12-23-16-5-6-17(21-11-16)22-9-7-14-4-3-8-20-18(14)22/h3-9,11,13,15H,10,12,19H2,1-2H3/t15-/m0/s1. The summed E-state index contributed by atoms with van der Waals surface area (Å²) in [4.78, 5) is 8.87. The third-order valence-corrected chi connectivity index (χ3v) is 3.65. The molecule has 5 heteroatoms. The van der Waals surface area contributed by atoms with Crippen LogP contribution in [-0.4, -0.2) is 27.2 Å². The van der Waals surface area contributed by atoms with Gasteiger partial charge in [-0.15, -0.1) is 0 Å². The van der Waals surface area contributed by atoms with Crippen LogP contribution in [0.25, 0.3) is 16.9 Å². The minimum atomic E-state index is 0.0484. The van der Waals surface area contributed by atoms with E-state index in [2.05, 4.69) is 23.8 Å². The van der Waals surface area contributed by atoms with Gasteiger partial charge in [-0.1, -0.05) is 13.8 Å². The van der Waals surface area contributed by atoms with Crippen molar-refractivity contribution in [2.45, 2.75) is 26.3 Å². The summed E-state index contributed by atoms with van der Waals surface area (Å²) in [5.74, 6) is 2.12. The van der Waals surface area contributed by atoms with Crippen molar-refractivity contribution in [2.75, 3.05) is 6.61 Å². The van der Waals surface area contributed by atoms with Crippen LogP contribution in [0.15, 0.2) is 48.9 Å². The fraction of sp³-hybridized carbons (Fsp3) is 0.333. The first-order chi connectivity index (χ1) is 11.1. The van der Waals surface area contributed by atoms with Gasteiger partial charge in [0.25, 0.3) is 0 Å². The maximum absolute atomic E-state index is 6.03.